The summed E-state index contributed by atoms with van der Waals surface area (Å²) in [4.78, 5) is 2.23. The summed E-state index contributed by atoms with van der Waals surface area (Å²) in [6, 6.07) is 0. The Morgan fingerprint density at radius 2 is 1.71 bits per heavy atom. The smallest absolute Gasteiger partial charge is 0.116 e. The zero-order valence-corrected chi connectivity index (χ0v) is 10.6. The van der Waals surface area contributed by atoms with Crippen molar-refractivity contribution in [2.24, 2.45) is 0 Å². The van der Waals surface area contributed by atoms with Crippen LogP contribution < -0.4 is 0 Å². The van der Waals surface area contributed by atoms with Gasteiger partial charge in [0.1, 0.15) is 7.28 Å². The Bertz CT molecular complexity index is 167. The Morgan fingerprint density at radius 3 is 2.14 bits per heavy atom. The molecule has 14 heavy (non-hydrogen) atoms. The number of allylic oxidation sites excluding steroid dienone is 2. The highest BCUT2D eigenvalue weighted by Gasteiger charge is 1.99. The van der Waals surface area contributed by atoms with Gasteiger partial charge in [-0.05, 0) is 40.4 Å². The van der Waals surface area contributed by atoms with Gasteiger partial charge in [0.25, 0.3) is 0 Å². The minimum absolute atomic E-state index is 1.17. The van der Waals surface area contributed by atoms with Gasteiger partial charge in [-0.3, -0.25) is 0 Å². The summed E-state index contributed by atoms with van der Waals surface area (Å²) in [5, 5.41) is 0. The average molecular weight is 194 g/mol. The molecule has 0 aromatic rings. The Hall–Kier alpha value is -0.235. The predicted octanol–water partition coefficient (Wildman–Crippen LogP) is 3.23. The molecule has 0 N–H and O–H groups in total. The first-order valence-electron chi connectivity index (χ1n) is 5.75. The molecule has 1 radical (unpaired) electrons. The van der Waals surface area contributed by atoms with Crippen molar-refractivity contribution in [2.45, 2.75) is 46.3 Å². The van der Waals surface area contributed by atoms with Crippen LogP contribution >= 0.6 is 0 Å². The summed E-state index contributed by atoms with van der Waals surface area (Å²) in [5.41, 5.74) is 3.21. The van der Waals surface area contributed by atoms with E-state index in [4.69, 9.17) is 0 Å². The number of nitrogens with zero attached hydrogens (tertiary/aromatic N) is 1. The van der Waals surface area contributed by atoms with Crippen LogP contribution in [0.5, 0.6) is 0 Å². The molecule has 0 atom stereocenters. The van der Waals surface area contributed by atoms with Gasteiger partial charge in [0.2, 0.25) is 0 Å². The number of hydrogen-bond donors (Lipinski definition) is 0. The minimum atomic E-state index is 1.17. The summed E-state index contributed by atoms with van der Waals surface area (Å²) in [6.07, 6.45) is 4.80. The molecule has 0 fully saturated rings. The van der Waals surface area contributed by atoms with Crippen molar-refractivity contribution in [3.8, 4) is 0 Å². The molecule has 0 aliphatic rings. The van der Waals surface area contributed by atoms with Crippen LogP contribution in [0.1, 0.15) is 33.6 Å². The highest BCUT2D eigenvalue weighted by atomic mass is 15.0. The third-order valence-corrected chi connectivity index (χ3v) is 2.69. The Balaban J connectivity index is 3.71. The fraction of sp³-hybridized carbons (Fsp3) is 0.833. The van der Waals surface area contributed by atoms with Crippen molar-refractivity contribution in [2.75, 3.05) is 20.6 Å². The maximum Gasteiger partial charge on any atom is 0.116 e. The molecule has 0 saturated heterocycles. The predicted molar refractivity (Wildman–Crippen MR) is 67.2 cm³/mol. The highest BCUT2D eigenvalue weighted by molar-refractivity contribution is 6.36. The van der Waals surface area contributed by atoms with E-state index in [9.17, 15) is 0 Å². The molecule has 0 aromatic carbocycles. The molecule has 0 bridgehead atoms. The lowest BCUT2D eigenvalue weighted by molar-refractivity contribution is 0.433. The van der Waals surface area contributed by atoms with E-state index in [-0.39, 0.29) is 0 Å². The molecule has 0 saturated carbocycles. The van der Waals surface area contributed by atoms with Crippen LogP contribution in [0.4, 0.5) is 0 Å². The largest absolute Gasteiger partial charge is 0.310 e. The molecule has 81 valence electrons. The Labute approximate surface area is 90.8 Å². The van der Waals surface area contributed by atoms with Crippen molar-refractivity contribution in [1.82, 2.24) is 4.90 Å². The van der Waals surface area contributed by atoms with Crippen LogP contribution in [0.25, 0.3) is 0 Å². The third-order valence-electron chi connectivity index (χ3n) is 2.69. The SMILES string of the molecule is CCC(CC)=C(C)C[B]CCN(C)C. The standard InChI is InChI=1S/C12H25BN/c1-6-12(7-2)11(3)10-13-8-9-14(4)5/h6-10H2,1-5H3. The van der Waals surface area contributed by atoms with Gasteiger partial charge in [0.05, 0.1) is 0 Å². The van der Waals surface area contributed by atoms with E-state index in [1.807, 2.05) is 0 Å². The molecule has 0 unspecified atom stereocenters. The Morgan fingerprint density at radius 1 is 1.14 bits per heavy atom. The molecule has 0 aliphatic heterocycles. The van der Waals surface area contributed by atoms with Crippen LogP contribution in [0.3, 0.4) is 0 Å². The molecule has 0 heterocycles. The second-order valence-electron chi connectivity index (χ2n) is 4.18. The van der Waals surface area contributed by atoms with Gasteiger partial charge in [-0.1, -0.05) is 37.6 Å². The monoisotopic (exact) mass is 194 g/mol. The molecule has 0 aliphatic carbocycles. The fourth-order valence-electron chi connectivity index (χ4n) is 1.67. The van der Waals surface area contributed by atoms with Crippen molar-refractivity contribution in [3.63, 3.8) is 0 Å². The van der Waals surface area contributed by atoms with E-state index in [1.165, 1.54) is 32.0 Å². The summed E-state index contributed by atoms with van der Waals surface area (Å²) >= 11 is 0. The molecular weight excluding hydrogens is 169 g/mol. The molecular formula is C12H25BN. The maximum atomic E-state index is 2.40. The van der Waals surface area contributed by atoms with Crippen LogP contribution in [0.15, 0.2) is 11.1 Å². The average Bonchev–Trinajstić information content (AvgIpc) is 2.14. The molecule has 2 heteroatoms. The molecule has 0 rings (SSSR count). The maximum absolute atomic E-state index is 2.40. The summed E-state index contributed by atoms with van der Waals surface area (Å²) in [6.45, 7) is 7.94. The second-order valence-corrected chi connectivity index (χ2v) is 4.18. The van der Waals surface area contributed by atoms with Crippen molar-refractivity contribution in [3.05, 3.63) is 11.1 Å². The van der Waals surface area contributed by atoms with Crippen molar-refractivity contribution < 1.29 is 0 Å². The van der Waals surface area contributed by atoms with E-state index in [1.54, 1.807) is 11.1 Å². The van der Waals surface area contributed by atoms with Crippen LogP contribution in [0, 0.1) is 0 Å². The van der Waals surface area contributed by atoms with E-state index >= 15 is 0 Å². The number of hydrogen-bond acceptors (Lipinski definition) is 1. The van der Waals surface area contributed by atoms with Gasteiger partial charge in [0.15, 0.2) is 0 Å². The number of rotatable bonds is 7. The lowest BCUT2D eigenvalue weighted by Crippen LogP contribution is -2.14. The quantitative estimate of drug-likeness (QED) is 0.341. The molecule has 1 nitrogen and oxygen atoms in total. The zero-order chi connectivity index (χ0) is 11.0. The summed E-state index contributed by atoms with van der Waals surface area (Å²) in [7, 11) is 6.65. The van der Waals surface area contributed by atoms with Crippen molar-refractivity contribution >= 4 is 7.28 Å². The van der Waals surface area contributed by atoms with Crippen LogP contribution in [-0.2, 0) is 0 Å². The van der Waals surface area contributed by atoms with Gasteiger partial charge in [-0.2, -0.15) is 0 Å². The van der Waals surface area contributed by atoms with Gasteiger partial charge in [-0.15, -0.1) is 0 Å². The summed E-state index contributed by atoms with van der Waals surface area (Å²) < 4.78 is 0. The topological polar surface area (TPSA) is 3.24 Å². The van der Waals surface area contributed by atoms with E-state index in [2.05, 4.69) is 47.0 Å². The Kier molecular flexibility index (Phi) is 7.97. The minimum Gasteiger partial charge on any atom is -0.310 e. The zero-order valence-electron chi connectivity index (χ0n) is 10.6. The normalized spacial score (nSPS) is 10.4. The van der Waals surface area contributed by atoms with Crippen LogP contribution in [0.2, 0.25) is 12.6 Å². The second kappa shape index (κ2) is 8.10. The lowest BCUT2D eigenvalue weighted by atomic mass is 9.68. The highest BCUT2D eigenvalue weighted by Crippen LogP contribution is 2.15. The third kappa shape index (κ3) is 6.25. The van der Waals surface area contributed by atoms with Crippen LogP contribution in [-0.4, -0.2) is 32.8 Å². The van der Waals surface area contributed by atoms with E-state index < -0.39 is 0 Å². The van der Waals surface area contributed by atoms with Crippen molar-refractivity contribution in [1.29, 1.82) is 0 Å². The van der Waals surface area contributed by atoms with Gasteiger partial charge in [0, 0.05) is 0 Å². The van der Waals surface area contributed by atoms with E-state index in [0.717, 1.165) is 0 Å². The summed E-state index contributed by atoms with van der Waals surface area (Å²) in [5.74, 6) is 0. The van der Waals surface area contributed by atoms with E-state index in [0.29, 0.717) is 0 Å². The lowest BCUT2D eigenvalue weighted by Gasteiger charge is -2.10. The molecule has 0 amide bonds. The molecule has 0 spiro atoms. The van der Waals surface area contributed by atoms with Gasteiger partial charge >= 0.3 is 0 Å². The van der Waals surface area contributed by atoms with Gasteiger partial charge < -0.3 is 4.90 Å². The fourth-order valence-corrected chi connectivity index (χ4v) is 1.67. The molecule has 0 aromatic heterocycles. The van der Waals surface area contributed by atoms with Gasteiger partial charge in [-0.25, -0.2) is 0 Å². The first kappa shape index (κ1) is 13.8. The first-order chi connectivity index (χ1) is 6.61. The first-order valence-corrected chi connectivity index (χ1v) is 5.75.